The van der Waals surface area contributed by atoms with Gasteiger partial charge in [-0.2, -0.15) is 9.97 Å². The highest BCUT2D eigenvalue weighted by Gasteiger charge is 2.23. The standard InChI is InChI=1S/C50H32N6/c1-4-15-33(16-5-1)41-23-14-24-42(51-41)34-27-29-37(30-28-34)55-43-25-12-10-21-38(43)39-31-32-45-46(47(39)55)40-22-11-13-26-44(40)56(45)50-53-48(35-17-6-2-7-18-35)52-49(54-50)36-19-8-3-9-20-36/h1-32H. The second kappa shape index (κ2) is 13.0. The highest BCUT2D eigenvalue weighted by atomic mass is 15.2. The van der Waals surface area contributed by atoms with Crippen molar-refractivity contribution in [2.24, 2.45) is 0 Å². The van der Waals surface area contributed by atoms with Gasteiger partial charge in [0.05, 0.1) is 33.5 Å². The zero-order valence-corrected chi connectivity index (χ0v) is 30.2. The van der Waals surface area contributed by atoms with E-state index in [4.69, 9.17) is 19.9 Å². The van der Waals surface area contributed by atoms with Gasteiger partial charge in [0.25, 0.3) is 0 Å². The molecule has 0 spiro atoms. The number of nitrogens with zero attached hydrogens (tertiary/aromatic N) is 6. The Labute approximate surface area is 322 Å². The lowest BCUT2D eigenvalue weighted by molar-refractivity contribution is 0.953. The maximum absolute atomic E-state index is 5.17. The summed E-state index contributed by atoms with van der Waals surface area (Å²) < 4.78 is 4.60. The van der Waals surface area contributed by atoms with E-state index in [9.17, 15) is 0 Å². The predicted molar refractivity (Wildman–Crippen MR) is 228 cm³/mol. The first-order valence-electron chi connectivity index (χ1n) is 18.7. The van der Waals surface area contributed by atoms with Crippen molar-refractivity contribution in [2.75, 3.05) is 0 Å². The average Bonchev–Trinajstić information content (AvgIpc) is 3.80. The van der Waals surface area contributed by atoms with E-state index < -0.39 is 0 Å². The first kappa shape index (κ1) is 31.8. The number of hydrogen-bond acceptors (Lipinski definition) is 4. The molecule has 7 aromatic carbocycles. The fraction of sp³-hybridized carbons (Fsp3) is 0. The zero-order chi connectivity index (χ0) is 37.0. The quantitative estimate of drug-likeness (QED) is 0.172. The van der Waals surface area contributed by atoms with Crippen molar-refractivity contribution in [3.8, 4) is 56.9 Å². The largest absolute Gasteiger partial charge is 0.309 e. The van der Waals surface area contributed by atoms with Crippen LogP contribution in [0.3, 0.4) is 0 Å². The monoisotopic (exact) mass is 716 g/mol. The number of fused-ring (bicyclic) bond motifs is 7. The summed E-state index contributed by atoms with van der Waals surface area (Å²) in [5, 5.41) is 4.64. The van der Waals surface area contributed by atoms with E-state index >= 15 is 0 Å². The van der Waals surface area contributed by atoms with Crippen molar-refractivity contribution in [1.29, 1.82) is 0 Å². The van der Waals surface area contributed by atoms with Crippen molar-refractivity contribution in [2.45, 2.75) is 0 Å². The van der Waals surface area contributed by atoms with Crippen molar-refractivity contribution in [3.63, 3.8) is 0 Å². The molecule has 0 aliphatic rings. The lowest BCUT2D eigenvalue weighted by atomic mass is 10.1. The summed E-state index contributed by atoms with van der Waals surface area (Å²) in [5.41, 5.74) is 11.3. The molecule has 0 aliphatic heterocycles. The third-order valence-corrected chi connectivity index (χ3v) is 10.6. The van der Waals surface area contributed by atoms with E-state index in [0.717, 1.165) is 72.2 Å². The molecule has 0 bridgehead atoms. The topological polar surface area (TPSA) is 61.4 Å². The van der Waals surface area contributed by atoms with Gasteiger partial charge in [0, 0.05) is 49.5 Å². The summed E-state index contributed by atoms with van der Waals surface area (Å²) in [7, 11) is 0. The Bertz CT molecular complexity index is 3160. The minimum atomic E-state index is 0.570. The molecule has 4 heterocycles. The molecule has 56 heavy (non-hydrogen) atoms. The zero-order valence-electron chi connectivity index (χ0n) is 30.2. The SMILES string of the molecule is c1ccc(-c2cccc(-c3ccc(-n4c5ccccc5c5ccc6c(c7ccccc7n6-c6nc(-c7ccccc7)nc(-c7ccccc7)n6)c54)cc3)n2)cc1. The summed E-state index contributed by atoms with van der Waals surface area (Å²) >= 11 is 0. The number of pyridine rings is 1. The summed E-state index contributed by atoms with van der Waals surface area (Å²) in [6.45, 7) is 0. The van der Waals surface area contributed by atoms with E-state index in [1.54, 1.807) is 0 Å². The smallest absolute Gasteiger partial charge is 0.238 e. The van der Waals surface area contributed by atoms with Crippen molar-refractivity contribution >= 4 is 43.6 Å². The molecule has 0 saturated carbocycles. The highest BCUT2D eigenvalue weighted by Crippen LogP contribution is 2.42. The van der Waals surface area contributed by atoms with Crippen LogP contribution in [0.2, 0.25) is 0 Å². The van der Waals surface area contributed by atoms with Crippen LogP contribution in [-0.2, 0) is 0 Å². The van der Waals surface area contributed by atoms with Crippen molar-refractivity contribution in [1.82, 2.24) is 29.1 Å². The second-order valence-electron chi connectivity index (χ2n) is 13.9. The molecule has 262 valence electrons. The Morgan fingerprint density at radius 2 is 0.821 bits per heavy atom. The van der Waals surface area contributed by atoms with Crippen LogP contribution in [0.15, 0.2) is 194 Å². The van der Waals surface area contributed by atoms with Crippen LogP contribution in [-0.4, -0.2) is 29.1 Å². The number of rotatable bonds is 6. The van der Waals surface area contributed by atoms with Gasteiger partial charge in [-0.3, -0.25) is 4.57 Å². The van der Waals surface area contributed by atoms with Crippen molar-refractivity contribution in [3.05, 3.63) is 194 Å². The Morgan fingerprint density at radius 1 is 0.304 bits per heavy atom. The highest BCUT2D eigenvalue weighted by molar-refractivity contribution is 6.26. The van der Waals surface area contributed by atoms with Gasteiger partial charge in [-0.05, 0) is 42.5 Å². The molecule has 11 rings (SSSR count). The Morgan fingerprint density at radius 3 is 1.45 bits per heavy atom. The van der Waals surface area contributed by atoms with Crippen LogP contribution in [0.25, 0.3) is 101 Å². The van der Waals surface area contributed by atoms with Crippen LogP contribution >= 0.6 is 0 Å². The maximum atomic E-state index is 5.17. The van der Waals surface area contributed by atoms with Gasteiger partial charge < -0.3 is 4.57 Å². The lowest BCUT2D eigenvalue weighted by Crippen LogP contribution is -2.06. The molecule has 0 N–H and O–H groups in total. The molecule has 0 saturated heterocycles. The number of hydrogen-bond donors (Lipinski definition) is 0. The molecule has 6 nitrogen and oxygen atoms in total. The van der Waals surface area contributed by atoms with Gasteiger partial charge in [-0.1, -0.05) is 152 Å². The summed E-state index contributed by atoms with van der Waals surface area (Å²) in [5.74, 6) is 1.82. The molecule has 0 radical (unpaired) electrons. The van der Waals surface area contributed by atoms with Gasteiger partial charge >= 0.3 is 0 Å². The summed E-state index contributed by atoms with van der Waals surface area (Å²) in [6, 6.07) is 67.3. The minimum absolute atomic E-state index is 0.570. The fourth-order valence-electron chi connectivity index (χ4n) is 8.04. The van der Waals surface area contributed by atoms with Gasteiger partial charge in [0.1, 0.15) is 0 Å². The van der Waals surface area contributed by atoms with Crippen LogP contribution in [0, 0.1) is 0 Å². The molecule has 6 heteroatoms. The van der Waals surface area contributed by atoms with Crippen molar-refractivity contribution < 1.29 is 0 Å². The molecule has 11 aromatic rings. The third kappa shape index (κ3) is 5.19. The molecule has 0 amide bonds. The van der Waals surface area contributed by atoms with Gasteiger partial charge in [-0.25, -0.2) is 9.97 Å². The maximum Gasteiger partial charge on any atom is 0.238 e. The number of benzene rings is 7. The fourth-order valence-corrected chi connectivity index (χ4v) is 8.04. The predicted octanol–water partition coefficient (Wildman–Crippen LogP) is 12.1. The average molecular weight is 717 g/mol. The van der Waals surface area contributed by atoms with Crippen LogP contribution < -0.4 is 0 Å². The normalized spacial score (nSPS) is 11.6. The lowest BCUT2D eigenvalue weighted by Gasteiger charge is -2.12. The molecular formula is C50H32N6. The molecule has 0 unspecified atom stereocenters. The summed E-state index contributed by atoms with van der Waals surface area (Å²) in [4.78, 5) is 20.4. The van der Waals surface area contributed by atoms with E-state index in [1.807, 2.05) is 78.9 Å². The first-order valence-corrected chi connectivity index (χ1v) is 18.7. The van der Waals surface area contributed by atoms with E-state index in [1.165, 1.54) is 10.8 Å². The summed E-state index contributed by atoms with van der Waals surface area (Å²) in [6.07, 6.45) is 0. The Hall–Kier alpha value is -7.70. The molecule has 0 aliphatic carbocycles. The second-order valence-corrected chi connectivity index (χ2v) is 13.9. The number of para-hydroxylation sites is 2. The van der Waals surface area contributed by atoms with Gasteiger partial charge in [-0.15, -0.1) is 0 Å². The van der Waals surface area contributed by atoms with E-state index in [-0.39, 0.29) is 0 Å². The Kier molecular flexibility index (Phi) is 7.38. The van der Waals surface area contributed by atoms with E-state index in [2.05, 4.69) is 124 Å². The molecule has 4 aromatic heterocycles. The van der Waals surface area contributed by atoms with Crippen LogP contribution in [0.4, 0.5) is 0 Å². The van der Waals surface area contributed by atoms with E-state index in [0.29, 0.717) is 17.6 Å². The third-order valence-electron chi connectivity index (χ3n) is 10.6. The first-order chi connectivity index (χ1) is 27.8. The van der Waals surface area contributed by atoms with Crippen LogP contribution in [0.1, 0.15) is 0 Å². The van der Waals surface area contributed by atoms with Gasteiger partial charge in [0.15, 0.2) is 11.6 Å². The van der Waals surface area contributed by atoms with Crippen LogP contribution in [0.5, 0.6) is 0 Å². The number of aromatic nitrogens is 6. The molecular weight excluding hydrogens is 685 g/mol. The van der Waals surface area contributed by atoms with Gasteiger partial charge in [0.2, 0.25) is 5.95 Å². The molecule has 0 fully saturated rings. The minimum Gasteiger partial charge on any atom is -0.309 e. The molecule has 0 atom stereocenters. The Balaban J connectivity index is 1.15.